The monoisotopic (exact) mass is 246 g/mol. The maximum atomic E-state index is 11.6. The predicted octanol–water partition coefficient (Wildman–Crippen LogP) is 4.85. The van der Waals surface area contributed by atoms with E-state index >= 15 is 0 Å². The highest BCUT2D eigenvalue weighted by molar-refractivity contribution is 5.99. The first-order chi connectivity index (χ1) is 8.84. The van der Waals surface area contributed by atoms with Crippen molar-refractivity contribution in [2.24, 2.45) is 0 Å². The van der Waals surface area contributed by atoms with E-state index in [9.17, 15) is 4.79 Å². The minimum absolute atomic E-state index is 0. The number of carbonyl (C=O) groups is 1. The molecular formula is C15H22N2O. The number of amides is 2. The quantitative estimate of drug-likeness (QED) is 0.781. The highest BCUT2D eigenvalue weighted by Crippen LogP contribution is 2.08. The number of anilines is 2. The Labute approximate surface area is 111 Å². The first kappa shape index (κ1) is 13.8. The molecule has 2 rings (SSSR count). The van der Waals surface area contributed by atoms with Crippen LogP contribution in [0.1, 0.15) is 16.7 Å². The highest BCUT2D eigenvalue weighted by Gasteiger charge is 2.00. The van der Waals surface area contributed by atoms with Crippen molar-refractivity contribution in [3.8, 4) is 0 Å². The summed E-state index contributed by atoms with van der Waals surface area (Å²) in [5, 5.41) is 5.48. The molecule has 0 radical (unpaired) electrons. The van der Waals surface area contributed by atoms with Crippen LogP contribution in [0.5, 0.6) is 0 Å². The first-order valence-electron chi connectivity index (χ1n) is 6.03. The molecule has 3 nitrogen and oxygen atoms in total. The van der Waals surface area contributed by atoms with E-state index in [0.717, 1.165) is 11.4 Å². The number of carbonyl (C=O) groups excluding carboxylic acids is 1. The van der Waals surface area contributed by atoms with Gasteiger partial charge in [-0.3, -0.25) is 0 Å². The molecule has 98 valence electrons. The van der Waals surface area contributed by atoms with Crippen LogP contribution in [-0.4, -0.2) is 6.03 Å². The van der Waals surface area contributed by atoms with Gasteiger partial charge >= 0.3 is 6.03 Å². The molecule has 0 heterocycles. The molecule has 2 amide bonds. The lowest BCUT2D eigenvalue weighted by atomic mass is 10.3. The minimum Gasteiger partial charge on any atom is -0.308 e. The summed E-state index contributed by atoms with van der Waals surface area (Å²) in [7, 11) is 0. The molecule has 0 fully saturated rings. The van der Waals surface area contributed by atoms with Gasteiger partial charge in [-0.15, -0.1) is 0 Å². The highest BCUT2D eigenvalue weighted by atomic mass is 16.2. The van der Waals surface area contributed by atoms with Crippen molar-refractivity contribution >= 4 is 17.4 Å². The molecular weight excluding hydrogens is 224 g/mol. The van der Waals surface area contributed by atoms with Crippen LogP contribution in [0.3, 0.4) is 0 Å². The van der Waals surface area contributed by atoms with Gasteiger partial charge in [0.25, 0.3) is 0 Å². The number of benzene rings is 2. The third-order valence-electron chi connectivity index (χ3n) is 2.06. The number of hydrogen-bond acceptors (Lipinski definition) is 1. The predicted molar refractivity (Wildman–Crippen MR) is 81.1 cm³/mol. The lowest BCUT2D eigenvalue weighted by molar-refractivity contribution is 0.262. The van der Waals surface area contributed by atoms with E-state index < -0.39 is 0 Å². The van der Waals surface area contributed by atoms with Gasteiger partial charge in [-0.2, -0.15) is 0 Å². The maximum absolute atomic E-state index is 11.6. The Morgan fingerprint density at radius 1 is 0.778 bits per heavy atom. The van der Waals surface area contributed by atoms with Gasteiger partial charge in [-0.25, -0.2) is 4.79 Å². The summed E-state index contributed by atoms with van der Waals surface area (Å²) in [6.07, 6.45) is 0. The van der Waals surface area contributed by atoms with Gasteiger partial charge in [-0.05, 0) is 24.3 Å². The van der Waals surface area contributed by atoms with Crippen LogP contribution in [0.15, 0.2) is 60.7 Å². The summed E-state index contributed by atoms with van der Waals surface area (Å²) in [6.45, 7) is 4.00. The molecule has 0 atom stereocenters. The smallest absolute Gasteiger partial charge is 0.308 e. The molecule has 0 unspecified atom stereocenters. The van der Waals surface area contributed by atoms with Gasteiger partial charge in [0, 0.05) is 14.2 Å². The normalized spacial score (nSPS) is 8.78. The molecule has 2 aromatic rings. The average molecular weight is 246 g/mol. The molecule has 0 spiro atoms. The third kappa shape index (κ3) is 4.70. The zero-order chi connectivity index (χ0) is 13.2. The van der Waals surface area contributed by atoms with E-state index in [1.807, 2.05) is 74.5 Å². The molecule has 0 saturated heterocycles. The van der Waals surface area contributed by atoms with Crippen LogP contribution >= 0.6 is 0 Å². The minimum atomic E-state index is -0.239. The van der Waals surface area contributed by atoms with Gasteiger partial charge in [-0.1, -0.05) is 50.2 Å². The number of hydrogen-bond donors (Lipinski definition) is 2. The van der Waals surface area contributed by atoms with Gasteiger partial charge in [0.2, 0.25) is 0 Å². The average Bonchev–Trinajstić information content (AvgIpc) is 2.43. The first-order valence-corrected chi connectivity index (χ1v) is 6.03. The second kappa shape index (κ2) is 7.90. The van der Waals surface area contributed by atoms with E-state index in [4.69, 9.17) is 0 Å². The van der Waals surface area contributed by atoms with Crippen molar-refractivity contribution in [2.75, 3.05) is 10.6 Å². The zero-order valence-electron chi connectivity index (χ0n) is 10.7. The van der Waals surface area contributed by atoms with Gasteiger partial charge in [0.1, 0.15) is 0 Å². The largest absolute Gasteiger partial charge is 0.323 e. The van der Waals surface area contributed by atoms with Crippen LogP contribution in [0.4, 0.5) is 16.2 Å². The second-order valence-electron chi connectivity index (χ2n) is 3.31. The number of para-hydroxylation sites is 2. The zero-order valence-corrected chi connectivity index (χ0v) is 10.7. The van der Waals surface area contributed by atoms with Gasteiger partial charge in [0.05, 0.1) is 0 Å². The summed E-state index contributed by atoms with van der Waals surface area (Å²) in [5.74, 6) is 0. The fraction of sp³-hybridized carbons (Fsp3) is 0.133. The fourth-order valence-electron chi connectivity index (χ4n) is 1.34. The van der Waals surface area contributed by atoms with Crippen molar-refractivity contribution in [2.45, 2.75) is 13.8 Å². The van der Waals surface area contributed by atoms with Crippen LogP contribution in [0.2, 0.25) is 0 Å². The van der Waals surface area contributed by atoms with Crippen LogP contribution in [-0.2, 0) is 0 Å². The summed E-state index contributed by atoms with van der Waals surface area (Å²) < 4.78 is 0. The standard InChI is InChI=1S/C13H12N2O.C2H6.2H2/c16-13(14-11-7-3-1-4-8-11)15-12-9-5-2-6-10-12;1-2;;/h1-10H,(H2,14,15,16);1-2H3;2*1H. The Bertz CT molecular complexity index is 420. The van der Waals surface area contributed by atoms with E-state index in [1.54, 1.807) is 0 Å². The topological polar surface area (TPSA) is 41.1 Å². The Morgan fingerprint density at radius 3 is 1.44 bits per heavy atom. The summed E-state index contributed by atoms with van der Waals surface area (Å²) >= 11 is 0. The van der Waals surface area contributed by atoms with E-state index in [-0.39, 0.29) is 8.88 Å². The summed E-state index contributed by atoms with van der Waals surface area (Å²) in [6, 6.07) is 18.4. The molecule has 0 aromatic heterocycles. The Balaban J connectivity index is 0. The van der Waals surface area contributed by atoms with Crippen LogP contribution in [0, 0.1) is 0 Å². The Morgan fingerprint density at radius 2 is 1.11 bits per heavy atom. The molecule has 0 aliphatic heterocycles. The molecule has 0 bridgehead atoms. The Kier molecular flexibility index (Phi) is 6.04. The third-order valence-corrected chi connectivity index (χ3v) is 2.06. The lowest BCUT2D eigenvalue weighted by Gasteiger charge is -2.06. The maximum Gasteiger partial charge on any atom is 0.323 e. The van der Waals surface area contributed by atoms with Gasteiger partial charge < -0.3 is 10.6 Å². The van der Waals surface area contributed by atoms with Crippen molar-refractivity contribution in [1.29, 1.82) is 0 Å². The summed E-state index contributed by atoms with van der Waals surface area (Å²) in [4.78, 5) is 11.6. The van der Waals surface area contributed by atoms with Gasteiger partial charge in [0.15, 0.2) is 0 Å². The fourth-order valence-corrected chi connectivity index (χ4v) is 1.34. The van der Waals surface area contributed by atoms with E-state index in [1.165, 1.54) is 0 Å². The van der Waals surface area contributed by atoms with Crippen LogP contribution < -0.4 is 10.6 Å². The second-order valence-corrected chi connectivity index (χ2v) is 3.31. The van der Waals surface area contributed by atoms with Crippen molar-refractivity contribution in [1.82, 2.24) is 0 Å². The van der Waals surface area contributed by atoms with Crippen molar-refractivity contribution < 1.29 is 7.65 Å². The molecule has 2 aromatic carbocycles. The lowest BCUT2D eigenvalue weighted by Crippen LogP contribution is -2.19. The molecule has 2 N–H and O–H groups in total. The van der Waals surface area contributed by atoms with E-state index in [2.05, 4.69) is 10.6 Å². The van der Waals surface area contributed by atoms with Crippen LogP contribution in [0.25, 0.3) is 0 Å². The van der Waals surface area contributed by atoms with E-state index in [0.29, 0.717) is 0 Å². The molecule has 0 aliphatic carbocycles. The SMILES string of the molecule is CC.O=C(Nc1ccccc1)Nc1ccccc1.[HH].[HH]. The number of nitrogens with one attached hydrogen (secondary N) is 2. The van der Waals surface area contributed by atoms with Crippen molar-refractivity contribution in [3.05, 3.63) is 60.7 Å². The number of rotatable bonds is 2. The molecule has 3 heteroatoms. The molecule has 18 heavy (non-hydrogen) atoms. The Hall–Kier alpha value is -2.29. The molecule has 0 aliphatic rings. The van der Waals surface area contributed by atoms with Crippen molar-refractivity contribution in [3.63, 3.8) is 0 Å². The number of urea groups is 1. The summed E-state index contributed by atoms with van der Waals surface area (Å²) in [5.41, 5.74) is 1.55. The molecule has 0 saturated carbocycles.